The highest BCUT2D eigenvalue weighted by Crippen LogP contribution is 2.26. The number of amides is 2. The van der Waals surface area contributed by atoms with E-state index in [9.17, 15) is 9.59 Å². The van der Waals surface area contributed by atoms with E-state index in [-0.39, 0.29) is 18.4 Å². The maximum Gasteiger partial charge on any atom is 0.220 e. The summed E-state index contributed by atoms with van der Waals surface area (Å²) in [7, 11) is 0. The Bertz CT molecular complexity index is 315. The summed E-state index contributed by atoms with van der Waals surface area (Å²) < 4.78 is 0. The van der Waals surface area contributed by atoms with E-state index in [0.717, 1.165) is 25.7 Å². The van der Waals surface area contributed by atoms with Crippen LogP contribution in [0.25, 0.3) is 0 Å². The standard InChI is InChI=1S/C13H25N3O2/c1-13(2,8-11(15)17)16-12(18)7-9-4-3-5-10(14)6-9/h9-10H,3-8,14H2,1-2H3,(H2,15,17)(H,16,18). The van der Waals surface area contributed by atoms with E-state index in [0.29, 0.717) is 12.3 Å². The molecule has 0 heterocycles. The molecule has 0 radical (unpaired) electrons. The van der Waals surface area contributed by atoms with Gasteiger partial charge < -0.3 is 16.8 Å². The van der Waals surface area contributed by atoms with Crippen molar-refractivity contribution < 1.29 is 9.59 Å². The number of nitrogens with two attached hydrogens (primary N) is 2. The number of primary amides is 1. The van der Waals surface area contributed by atoms with Crippen molar-refractivity contribution in [3.63, 3.8) is 0 Å². The van der Waals surface area contributed by atoms with Crippen LogP contribution in [0.4, 0.5) is 0 Å². The third kappa shape index (κ3) is 5.49. The molecule has 1 fully saturated rings. The molecule has 0 spiro atoms. The van der Waals surface area contributed by atoms with Crippen molar-refractivity contribution in [3.05, 3.63) is 0 Å². The van der Waals surface area contributed by atoms with Gasteiger partial charge in [0.15, 0.2) is 0 Å². The minimum atomic E-state index is -0.570. The van der Waals surface area contributed by atoms with Crippen LogP contribution in [0.1, 0.15) is 52.4 Å². The molecule has 2 unspecified atom stereocenters. The van der Waals surface area contributed by atoms with Crippen LogP contribution in [0.15, 0.2) is 0 Å². The molecule has 0 aromatic rings. The lowest BCUT2D eigenvalue weighted by atomic mass is 9.84. The third-order valence-electron chi connectivity index (χ3n) is 3.39. The average Bonchev–Trinajstić information content (AvgIpc) is 2.13. The van der Waals surface area contributed by atoms with Gasteiger partial charge in [0.05, 0.1) is 0 Å². The second-order valence-corrected chi connectivity index (χ2v) is 6.07. The molecule has 0 aromatic heterocycles. The van der Waals surface area contributed by atoms with Gasteiger partial charge in [-0.1, -0.05) is 6.42 Å². The second-order valence-electron chi connectivity index (χ2n) is 6.07. The van der Waals surface area contributed by atoms with Crippen LogP contribution < -0.4 is 16.8 Å². The lowest BCUT2D eigenvalue weighted by molar-refractivity contribution is -0.124. The molecule has 1 aliphatic carbocycles. The number of hydrogen-bond acceptors (Lipinski definition) is 3. The number of hydrogen-bond donors (Lipinski definition) is 3. The maximum absolute atomic E-state index is 11.9. The van der Waals surface area contributed by atoms with E-state index in [4.69, 9.17) is 11.5 Å². The lowest BCUT2D eigenvalue weighted by Crippen LogP contribution is -2.46. The summed E-state index contributed by atoms with van der Waals surface area (Å²) in [5.41, 5.74) is 10.5. The Labute approximate surface area is 109 Å². The zero-order chi connectivity index (χ0) is 13.8. The van der Waals surface area contributed by atoms with Crippen molar-refractivity contribution in [2.45, 2.75) is 64.0 Å². The first-order valence-corrected chi connectivity index (χ1v) is 6.63. The fourth-order valence-electron chi connectivity index (χ4n) is 2.69. The molecule has 5 N–H and O–H groups in total. The van der Waals surface area contributed by atoms with Gasteiger partial charge in [0.1, 0.15) is 0 Å². The largest absolute Gasteiger partial charge is 0.370 e. The number of nitrogens with one attached hydrogen (secondary N) is 1. The van der Waals surface area contributed by atoms with Gasteiger partial charge in [-0.05, 0) is 39.0 Å². The fourth-order valence-corrected chi connectivity index (χ4v) is 2.69. The minimum absolute atomic E-state index is 0.0136. The van der Waals surface area contributed by atoms with E-state index in [1.807, 2.05) is 13.8 Å². The van der Waals surface area contributed by atoms with Gasteiger partial charge >= 0.3 is 0 Å². The lowest BCUT2D eigenvalue weighted by Gasteiger charge is -2.29. The number of carbonyl (C=O) groups excluding carboxylic acids is 2. The van der Waals surface area contributed by atoms with E-state index in [2.05, 4.69) is 5.32 Å². The van der Waals surface area contributed by atoms with Gasteiger partial charge in [0.25, 0.3) is 0 Å². The van der Waals surface area contributed by atoms with Crippen LogP contribution in [0, 0.1) is 5.92 Å². The molecule has 0 bridgehead atoms. The van der Waals surface area contributed by atoms with Crippen molar-refractivity contribution in [1.82, 2.24) is 5.32 Å². The molecule has 5 heteroatoms. The average molecular weight is 255 g/mol. The molecule has 1 rings (SSSR count). The first-order valence-electron chi connectivity index (χ1n) is 6.63. The van der Waals surface area contributed by atoms with Crippen LogP contribution in [0.3, 0.4) is 0 Å². The Balaban J connectivity index is 2.38. The Hall–Kier alpha value is -1.10. The highest BCUT2D eigenvalue weighted by atomic mass is 16.2. The third-order valence-corrected chi connectivity index (χ3v) is 3.39. The predicted octanol–water partition coefficient (Wildman–Crippen LogP) is 0.664. The van der Waals surface area contributed by atoms with Crippen LogP contribution >= 0.6 is 0 Å². The van der Waals surface area contributed by atoms with Crippen molar-refractivity contribution in [1.29, 1.82) is 0 Å². The minimum Gasteiger partial charge on any atom is -0.370 e. The number of carbonyl (C=O) groups is 2. The topological polar surface area (TPSA) is 98.2 Å². The molecule has 2 atom stereocenters. The van der Waals surface area contributed by atoms with E-state index in [1.165, 1.54) is 0 Å². The smallest absolute Gasteiger partial charge is 0.220 e. The Morgan fingerprint density at radius 2 is 2.00 bits per heavy atom. The van der Waals surface area contributed by atoms with Crippen LogP contribution in [0.5, 0.6) is 0 Å². The van der Waals surface area contributed by atoms with Crippen LogP contribution in [0.2, 0.25) is 0 Å². The van der Waals surface area contributed by atoms with Crippen molar-refractivity contribution in [2.24, 2.45) is 17.4 Å². The summed E-state index contributed by atoms with van der Waals surface area (Å²) in [6.07, 6.45) is 4.80. The molecule has 0 saturated heterocycles. The van der Waals surface area contributed by atoms with Gasteiger partial charge in [-0.25, -0.2) is 0 Å². The molecule has 2 amide bonds. The van der Waals surface area contributed by atoms with Crippen LogP contribution in [-0.4, -0.2) is 23.4 Å². The Morgan fingerprint density at radius 3 is 2.56 bits per heavy atom. The zero-order valence-electron chi connectivity index (χ0n) is 11.4. The monoisotopic (exact) mass is 255 g/mol. The summed E-state index contributed by atoms with van der Waals surface area (Å²) in [6, 6.07) is 0.232. The molecule has 0 aliphatic heterocycles. The van der Waals surface area contributed by atoms with Gasteiger partial charge in [-0.2, -0.15) is 0 Å². The summed E-state index contributed by atoms with van der Waals surface area (Å²) in [6.45, 7) is 3.62. The van der Waals surface area contributed by atoms with Gasteiger partial charge in [-0.3, -0.25) is 9.59 Å². The first kappa shape index (κ1) is 15.0. The van der Waals surface area contributed by atoms with Gasteiger partial charge in [0.2, 0.25) is 11.8 Å². The quantitative estimate of drug-likeness (QED) is 0.673. The molecular weight excluding hydrogens is 230 g/mol. The molecule has 0 aromatic carbocycles. The number of rotatable bonds is 5. The predicted molar refractivity (Wildman–Crippen MR) is 70.6 cm³/mol. The summed E-state index contributed by atoms with van der Waals surface area (Å²) >= 11 is 0. The fraction of sp³-hybridized carbons (Fsp3) is 0.846. The highest BCUT2D eigenvalue weighted by Gasteiger charge is 2.26. The van der Waals surface area contributed by atoms with Crippen LogP contribution in [-0.2, 0) is 9.59 Å². The Kier molecular flexibility index (Phi) is 5.14. The summed E-state index contributed by atoms with van der Waals surface area (Å²) in [5, 5.41) is 2.87. The molecule has 1 saturated carbocycles. The molecule has 18 heavy (non-hydrogen) atoms. The van der Waals surface area contributed by atoms with Crippen molar-refractivity contribution in [2.75, 3.05) is 0 Å². The second kappa shape index (κ2) is 6.18. The first-order chi connectivity index (χ1) is 8.28. The van der Waals surface area contributed by atoms with Gasteiger partial charge in [-0.15, -0.1) is 0 Å². The molecule has 104 valence electrons. The SMILES string of the molecule is CC(C)(CC(N)=O)NC(=O)CC1CCCC(N)C1. The van der Waals surface area contributed by atoms with E-state index >= 15 is 0 Å². The summed E-state index contributed by atoms with van der Waals surface area (Å²) in [4.78, 5) is 22.8. The van der Waals surface area contributed by atoms with Gasteiger partial charge in [0, 0.05) is 24.4 Å². The van der Waals surface area contributed by atoms with Crippen molar-refractivity contribution >= 4 is 11.8 Å². The zero-order valence-corrected chi connectivity index (χ0v) is 11.4. The van der Waals surface area contributed by atoms with E-state index < -0.39 is 11.4 Å². The molecular formula is C13H25N3O2. The highest BCUT2D eigenvalue weighted by molar-refractivity contribution is 5.79. The van der Waals surface area contributed by atoms with Crippen molar-refractivity contribution in [3.8, 4) is 0 Å². The molecule has 1 aliphatic rings. The maximum atomic E-state index is 11.9. The summed E-state index contributed by atoms with van der Waals surface area (Å²) in [5.74, 6) is -0.0431. The molecule has 5 nitrogen and oxygen atoms in total. The Morgan fingerprint density at radius 1 is 1.33 bits per heavy atom. The van der Waals surface area contributed by atoms with E-state index in [1.54, 1.807) is 0 Å². The normalized spacial score (nSPS) is 24.6.